The fourth-order valence-electron chi connectivity index (χ4n) is 4.86. The van der Waals surface area contributed by atoms with Crippen LogP contribution in [-0.4, -0.2) is 71.6 Å². The predicted octanol–water partition coefficient (Wildman–Crippen LogP) is 4.67. The number of fused-ring (bicyclic) bond motifs is 1. The van der Waals surface area contributed by atoms with Crippen molar-refractivity contribution in [2.45, 2.75) is 6.54 Å². The molecule has 0 radical (unpaired) electrons. The molecular weight excluding hydrogens is 522 g/mol. The molecule has 0 spiro atoms. The van der Waals surface area contributed by atoms with Gasteiger partial charge in [-0.1, -0.05) is 41.6 Å². The van der Waals surface area contributed by atoms with Gasteiger partial charge < -0.3 is 10.1 Å². The van der Waals surface area contributed by atoms with E-state index in [1.807, 2.05) is 54.8 Å². The lowest BCUT2D eigenvalue weighted by Gasteiger charge is -2.27. The van der Waals surface area contributed by atoms with Gasteiger partial charge in [0, 0.05) is 53.8 Å². The number of hydrogen-bond donors (Lipinski definition) is 1. The van der Waals surface area contributed by atoms with E-state index >= 15 is 0 Å². The van der Waals surface area contributed by atoms with Crippen molar-refractivity contribution >= 4 is 57.7 Å². The van der Waals surface area contributed by atoms with E-state index in [1.54, 1.807) is 0 Å². The quantitative estimate of drug-likeness (QED) is 0.531. The molecule has 4 aliphatic heterocycles. The zero-order chi connectivity index (χ0) is 26.1. The summed E-state index contributed by atoms with van der Waals surface area (Å²) in [6.07, 6.45) is 5.90. The van der Waals surface area contributed by atoms with Crippen molar-refractivity contribution in [1.82, 2.24) is 9.91 Å². The van der Waals surface area contributed by atoms with Crippen molar-refractivity contribution in [2.24, 2.45) is 16.0 Å². The number of allylic oxidation sites excluding steroid dienone is 1. The molecule has 2 aromatic carbocycles. The lowest BCUT2D eigenvalue weighted by Crippen LogP contribution is -2.39. The first kappa shape index (κ1) is 25.1. The number of halogens is 1. The number of aliphatic imine (C=N–C) groups is 1. The number of anilines is 1. The fraction of sp³-hybridized carbons (Fsp3) is 0.286. The molecule has 1 fully saturated rings. The molecule has 38 heavy (non-hydrogen) atoms. The maximum absolute atomic E-state index is 12.8. The van der Waals surface area contributed by atoms with Crippen LogP contribution >= 0.6 is 23.4 Å². The van der Waals surface area contributed by atoms with Gasteiger partial charge in [0.25, 0.3) is 5.91 Å². The molecule has 1 saturated heterocycles. The van der Waals surface area contributed by atoms with E-state index in [4.69, 9.17) is 16.3 Å². The Morgan fingerprint density at radius 3 is 2.76 bits per heavy atom. The van der Waals surface area contributed by atoms with Gasteiger partial charge in [-0.3, -0.25) is 19.5 Å². The summed E-state index contributed by atoms with van der Waals surface area (Å²) in [4.78, 5) is 32.4. The highest BCUT2D eigenvalue weighted by Gasteiger charge is 2.27. The van der Waals surface area contributed by atoms with Gasteiger partial charge in [0.2, 0.25) is 0 Å². The first-order chi connectivity index (χ1) is 18.5. The van der Waals surface area contributed by atoms with Crippen molar-refractivity contribution in [3.05, 3.63) is 82.0 Å². The molecule has 0 saturated carbocycles. The SMILES string of the molecule is O=C1Nc2ccc(CN3N=C(c4ccc(Cl)cc4)CSC3=O)cc2C1=CC1=CC(CN2CCOCC2)C=N1. The Kier molecular flexibility index (Phi) is 7.16. The molecule has 0 bridgehead atoms. The zero-order valence-electron chi connectivity index (χ0n) is 20.6. The minimum Gasteiger partial charge on any atom is -0.379 e. The van der Waals surface area contributed by atoms with Gasteiger partial charge >= 0.3 is 5.24 Å². The Hall–Kier alpha value is -3.24. The number of rotatable bonds is 6. The number of morpholine rings is 1. The Labute approximate surface area is 230 Å². The van der Waals surface area contributed by atoms with E-state index in [0.717, 1.165) is 66.6 Å². The van der Waals surface area contributed by atoms with Crippen molar-refractivity contribution in [2.75, 3.05) is 43.9 Å². The summed E-state index contributed by atoms with van der Waals surface area (Å²) < 4.78 is 5.43. The molecule has 2 aromatic rings. The van der Waals surface area contributed by atoms with Gasteiger partial charge in [-0.15, -0.1) is 0 Å². The van der Waals surface area contributed by atoms with Crippen molar-refractivity contribution in [3.63, 3.8) is 0 Å². The van der Waals surface area contributed by atoms with E-state index in [9.17, 15) is 9.59 Å². The maximum atomic E-state index is 12.8. The lowest BCUT2D eigenvalue weighted by molar-refractivity contribution is -0.110. The summed E-state index contributed by atoms with van der Waals surface area (Å²) in [5, 5.41) is 9.59. The normalized spacial score (nSPS) is 22.5. The minimum atomic E-state index is -0.155. The van der Waals surface area contributed by atoms with Gasteiger partial charge in [0.05, 0.1) is 36.7 Å². The van der Waals surface area contributed by atoms with E-state index in [2.05, 4.69) is 26.4 Å². The fourth-order valence-corrected chi connectivity index (χ4v) is 5.72. The van der Waals surface area contributed by atoms with Crippen LogP contribution in [0.2, 0.25) is 5.02 Å². The van der Waals surface area contributed by atoms with Crippen LogP contribution in [0.5, 0.6) is 0 Å². The highest BCUT2D eigenvalue weighted by atomic mass is 35.5. The third-order valence-corrected chi connectivity index (χ3v) is 7.95. The molecule has 10 heteroatoms. The Morgan fingerprint density at radius 2 is 1.95 bits per heavy atom. The van der Waals surface area contributed by atoms with Crippen LogP contribution in [0, 0.1) is 5.92 Å². The van der Waals surface area contributed by atoms with Crippen LogP contribution in [0.15, 0.2) is 70.4 Å². The predicted molar refractivity (Wildman–Crippen MR) is 152 cm³/mol. The Morgan fingerprint density at radius 1 is 1.13 bits per heavy atom. The second kappa shape index (κ2) is 10.9. The van der Waals surface area contributed by atoms with Gasteiger partial charge in [-0.25, -0.2) is 5.01 Å². The molecule has 0 aliphatic carbocycles. The Bertz CT molecular complexity index is 1400. The summed E-state index contributed by atoms with van der Waals surface area (Å²) >= 11 is 7.24. The summed E-state index contributed by atoms with van der Waals surface area (Å²) in [6.45, 7) is 4.58. The van der Waals surface area contributed by atoms with Crippen LogP contribution in [0.3, 0.4) is 0 Å². The minimum absolute atomic E-state index is 0.107. The average molecular weight is 548 g/mol. The zero-order valence-corrected chi connectivity index (χ0v) is 22.2. The van der Waals surface area contributed by atoms with E-state index in [1.165, 1.54) is 16.8 Å². The molecule has 6 rings (SSSR count). The molecule has 0 aromatic heterocycles. The van der Waals surface area contributed by atoms with Crippen LogP contribution in [0.1, 0.15) is 16.7 Å². The number of thioether (sulfide) groups is 1. The van der Waals surface area contributed by atoms with Gasteiger partial charge in [-0.05, 0) is 47.5 Å². The lowest BCUT2D eigenvalue weighted by atomic mass is 10.0. The molecular formula is C28H26ClN5O3S. The van der Waals surface area contributed by atoms with Gasteiger partial charge in [0.1, 0.15) is 0 Å². The molecule has 1 N–H and O–H groups in total. The van der Waals surface area contributed by atoms with E-state index in [0.29, 0.717) is 22.9 Å². The number of nitrogens with one attached hydrogen (secondary N) is 1. The van der Waals surface area contributed by atoms with Gasteiger partial charge in [-0.2, -0.15) is 5.10 Å². The van der Waals surface area contributed by atoms with Gasteiger partial charge in [0.15, 0.2) is 0 Å². The Balaban J connectivity index is 1.20. The maximum Gasteiger partial charge on any atom is 0.302 e. The summed E-state index contributed by atoms with van der Waals surface area (Å²) in [5.41, 5.74) is 5.55. The number of hydrogen-bond acceptors (Lipinski definition) is 7. The molecule has 194 valence electrons. The number of ether oxygens (including phenoxy) is 1. The first-order valence-electron chi connectivity index (χ1n) is 12.5. The van der Waals surface area contributed by atoms with Crippen molar-refractivity contribution in [1.29, 1.82) is 0 Å². The number of hydrazone groups is 1. The molecule has 4 heterocycles. The number of benzene rings is 2. The highest BCUT2D eigenvalue weighted by molar-refractivity contribution is 8.14. The third kappa shape index (κ3) is 5.47. The highest BCUT2D eigenvalue weighted by Crippen LogP contribution is 2.35. The second-order valence-electron chi connectivity index (χ2n) is 9.50. The molecule has 8 nitrogen and oxygen atoms in total. The summed E-state index contributed by atoms with van der Waals surface area (Å²) in [7, 11) is 0. The average Bonchev–Trinajstić information content (AvgIpc) is 3.50. The van der Waals surface area contributed by atoms with Crippen molar-refractivity contribution in [3.8, 4) is 0 Å². The molecule has 2 amide bonds. The molecule has 1 atom stereocenters. The smallest absolute Gasteiger partial charge is 0.302 e. The number of carbonyl (C=O) groups is 2. The largest absolute Gasteiger partial charge is 0.379 e. The summed E-state index contributed by atoms with van der Waals surface area (Å²) in [5.74, 6) is 0.567. The number of amides is 2. The van der Waals surface area contributed by atoms with E-state index < -0.39 is 0 Å². The van der Waals surface area contributed by atoms with E-state index in [-0.39, 0.29) is 17.1 Å². The van der Waals surface area contributed by atoms with Crippen molar-refractivity contribution < 1.29 is 14.3 Å². The number of carbonyl (C=O) groups excluding carboxylic acids is 2. The molecule has 1 unspecified atom stereocenters. The van der Waals surface area contributed by atoms with Crippen LogP contribution in [-0.2, 0) is 16.1 Å². The monoisotopic (exact) mass is 547 g/mol. The van der Waals surface area contributed by atoms with Crippen LogP contribution in [0.25, 0.3) is 5.57 Å². The topological polar surface area (TPSA) is 86.6 Å². The standard InChI is InChI=1S/C28H26ClN5O3S/c29-21-4-2-20(3-5-21)26-17-38-28(36)34(32-26)16-18-1-6-25-23(12-18)24(27(35)31-25)13-22-11-19(14-30-22)15-33-7-9-37-10-8-33/h1-6,11-14,19H,7-10,15-17H2,(H,31,35). The molecule has 4 aliphatic rings. The van der Waals surface area contributed by atoms with Crippen LogP contribution in [0.4, 0.5) is 10.5 Å². The summed E-state index contributed by atoms with van der Waals surface area (Å²) in [6, 6.07) is 13.2. The third-order valence-electron chi connectivity index (χ3n) is 6.83. The first-order valence-corrected chi connectivity index (χ1v) is 13.9. The second-order valence-corrected chi connectivity index (χ2v) is 10.9. The number of nitrogens with zero attached hydrogens (tertiary/aromatic N) is 4. The van der Waals surface area contributed by atoms with Crippen LogP contribution < -0.4 is 5.32 Å².